The van der Waals surface area contributed by atoms with E-state index in [4.69, 9.17) is 9.47 Å². The van der Waals surface area contributed by atoms with Crippen LogP contribution in [0.3, 0.4) is 0 Å². The van der Waals surface area contributed by atoms with Crippen molar-refractivity contribution in [2.45, 2.75) is 25.3 Å². The lowest BCUT2D eigenvalue weighted by molar-refractivity contribution is -0.226. The molecule has 0 bridgehead atoms. The Balaban J connectivity index is 1.74. The second-order valence-corrected chi connectivity index (χ2v) is 6.24. The van der Waals surface area contributed by atoms with E-state index in [1.807, 2.05) is 30.0 Å². The van der Waals surface area contributed by atoms with Gasteiger partial charge in [-0.15, -0.1) is 0 Å². The number of halogens is 1. The highest BCUT2D eigenvalue weighted by Crippen LogP contribution is 2.41. The number of benzene rings is 1. The Morgan fingerprint density at radius 3 is 2.55 bits per heavy atom. The molecule has 0 radical (unpaired) electrons. The summed E-state index contributed by atoms with van der Waals surface area (Å²) in [6.45, 7) is 3.71. The fraction of sp³-hybridized carbons (Fsp3) is 0.533. The molecule has 5 heteroatoms. The predicted molar refractivity (Wildman–Crippen MR) is 83.5 cm³/mol. The highest BCUT2D eigenvalue weighted by atomic mass is 127. The van der Waals surface area contributed by atoms with Crippen LogP contribution in [-0.2, 0) is 20.8 Å². The molecule has 0 N–H and O–H groups in total. The molecule has 20 heavy (non-hydrogen) atoms. The smallest absolute Gasteiger partial charge is 0.233 e. The van der Waals surface area contributed by atoms with Gasteiger partial charge >= 0.3 is 0 Å². The number of amides is 1. The summed E-state index contributed by atoms with van der Waals surface area (Å²) in [5.74, 6) is -0.773. The first kappa shape index (κ1) is 14.3. The van der Waals surface area contributed by atoms with Crippen molar-refractivity contribution in [3.05, 3.63) is 35.9 Å². The van der Waals surface area contributed by atoms with Gasteiger partial charge in [0, 0.05) is 11.0 Å². The zero-order chi connectivity index (χ0) is 14.2. The molecule has 2 heterocycles. The van der Waals surface area contributed by atoms with Gasteiger partial charge in [-0.25, -0.2) is 0 Å². The van der Waals surface area contributed by atoms with Crippen LogP contribution in [0.2, 0.25) is 0 Å². The molecule has 0 unspecified atom stereocenters. The van der Waals surface area contributed by atoms with Gasteiger partial charge in [0.25, 0.3) is 0 Å². The molecule has 1 amide bonds. The normalized spacial score (nSPS) is 28.5. The number of ether oxygens (including phenoxy) is 2. The van der Waals surface area contributed by atoms with Gasteiger partial charge in [-0.05, 0) is 12.5 Å². The number of carbonyl (C=O) groups is 1. The number of hydrogen-bond donors (Lipinski definition) is 0. The maximum absolute atomic E-state index is 12.5. The number of carbonyl (C=O) groups excluding carboxylic acids is 1. The molecule has 108 valence electrons. The topological polar surface area (TPSA) is 38.8 Å². The van der Waals surface area contributed by atoms with E-state index >= 15 is 0 Å². The van der Waals surface area contributed by atoms with Gasteiger partial charge in [0.2, 0.25) is 5.91 Å². The minimum atomic E-state index is -0.736. The van der Waals surface area contributed by atoms with Crippen molar-refractivity contribution >= 4 is 28.5 Å². The van der Waals surface area contributed by atoms with Crippen molar-refractivity contribution in [3.63, 3.8) is 0 Å². The van der Waals surface area contributed by atoms with Crippen molar-refractivity contribution in [1.82, 2.24) is 4.90 Å². The van der Waals surface area contributed by atoms with Crippen molar-refractivity contribution < 1.29 is 14.3 Å². The van der Waals surface area contributed by atoms with Crippen LogP contribution in [0, 0.1) is 5.92 Å². The van der Waals surface area contributed by atoms with E-state index in [1.165, 1.54) is 0 Å². The van der Waals surface area contributed by atoms with Gasteiger partial charge in [-0.2, -0.15) is 0 Å². The van der Waals surface area contributed by atoms with E-state index < -0.39 is 5.79 Å². The zero-order valence-corrected chi connectivity index (χ0v) is 13.6. The van der Waals surface area contributed by atoms with Crippen molar-refractivity contribution in [1.29, 1.82) is 0 Å². The van der Waals surface area contributed by atoms with Crippen LogP contribution in [0.25, 0.3) is 0 Å². The molecule has 0 spiro atoms. The monoisotopic (exact) mass is 387 g/mol. The van der Waals surface area contributed by atoms with Crippen molar-refractivity contribution in [2.24, 2.45) is 5.92 Å². The second-order valence-electron chi connectivity index (χ2n) is 5.36. The average Bonchev–Trinajstić information content (AvgIpc) is 2.89. The van der Waals surface area contributed by atoms with Crippen LogP contribution in [0.5, 0.6) is 0 Å². The van der Waals surface area contributed by atoms with Gasteiger partial charge in [-0.3, -0.25) is 4.79 Å². The fourth-order valence-corrected chi connectivity index (χ4v) is 4.02. The van der Waals surface area contributed by atoms with E-state index in [0.29, 0.717) is 19.8 Å². The number of alkyl halides is 1. The van der Waals surface area contributed by atoms with E-state index in [1.54, 1.807) is 0 Å². The molecule has 0 aliphatic carbocycles. The molecule has 4 nitrogen and oxygen atoms in total. The summed E-state index contributed by atoms with van der Waals surface area (Å²) in [5.41, 5.74) is 1.16. The third-order valence-corrected chi connectivity index (χ3v) is 5.02. The Bertz CT molecular complexity index is 487. The standard InChI is InChI=1S/C15H18INO3/c1-15(19-7-8-20-15)13-12(9-16)17(14(13)18)10-11-5-3-2-4-6-11/h2-6,12-13H,7-10H2,1H3/t12-,13-/m1/s1. The fourth-order valence-electron chi connectivity index (χ4n) is 3.04. The van der Waals surface area contributed by atoms with E-state index in [9.17, 15) is 4.79 Å². The van der Waals surface area contributed by atoms with Crippen LogP contribution in [0.15, 0.2) is 30.3 Å². The van der Waals surface area contributed by atoms with Crippen LogP contribution in [0.4, 0.5) is 0 Å². The molecule has 1 aromatic rings. The van der Waals surface area contributed by atoms with Gasteiger partial charge in [0.05, 0.1) is 19.3 Å². The van der Waals surface area contributed by atoms with E-state index in [2.05, 4.69) is 34.7 Å². The molecule has 2 aliphatic heterocycles. The number of β-lactam (4-membered cyclic amide) rings is 1. The lowest BCUT2D eigenvalue weighted by atomic mass is 9.81. The summed E-state index contributed by atoms with van der Waals surface area (Å²) >= 11 is 2.34. The number of nitrogens with zero attached hydrogens (tertiary/aromatic N) is 1. The molecule has 0 aromatic heterocycles. The summed E-state index contributed by atoms with van der Waals surface area (Å²) in [6, 6.07) is 10.3. The molecule has 0 saturated carbocycles. The second kappa shape index (κ2) is 5.61. The lowest BCUT2D eigenvalue weighted by Crippen LogP contribution is -2.68. The minimum Gasteiger partial charge on any atom is -0.347 e. The first-order chi connectivity index (χ1) is 9.65. The third-order valence-electron chi connectivity index (χ3n) is 4.11. The molecule has 1 aromatic carbocycles. The van der Waals surface area contributed by atoms with Gasteiger partial charge in [-0.1, -0.05) is 52.9 Å². The van der Waals surface area contributed by atoms with Crippen LogP contribution < -0.4 is 0 Å². The number of rotatable bonds is 4. The summed E-state index contributed by atoms with van der Waals surface area (Å²) in [6.07, 6.45) is 0. The summed E-state index contributed by atoms with van der Waals surface area (Å²) < 4.78 is 12.2. The van der Waals surface area contributed by atoms with Crippen LogP contribution in [0.1, 0.15) is 12.5 Å². The molecular formula is C15H18INO3. The Morgan fingerprint density at radius 2 is 1.95 bits per heavy atom. The maximum atomic E-state index is 12.5. The quantitative estimate of drug-likeness (QED) is 0.452. The molecule has 2 fully saturated rings. The minimum absolute atomic E-state index is 0.139. The zero-order valence-electron chi connectivity index (χ0n) is 11.4. The summed E-state index contributed by atoms with van der Waals surface area (Å²) in [5, 5.41) is 0. The van der Waals surface area contributed by atoms with Crippen molar-refractivity contribution in [2.75, 3.05) is 17.6 Å². The highest BCUT2D eigenvalue weighted by molar-refractivity contribution is 14.1. The summed E-state index contributed by atoms with van der Waals surface area (Å²) in [4.78, 5) is 14.4. The van der Waals surface area contributed by atoms with Gasteiger partial charge in [0.1, 0.15) is 5.92 Å². The van der Waals surface area contributed by atoms with Crippen molar-refractivity contribution in [3.8, 4) is 0 Å². The predicted octanol–water partition coefficient (Wildman–Crippen LogP) is 2.21. The summed E-state index contributed by atoms with van der Waals surface area (Å²) in [7, 11) is 0. The average molecular weight is 387 g/mol. The first-order valence-corrected chi connectivity index (χ1v) is 8.36. The maximum Gasteiger partial charge on any atom is 0.233 e. The van der Waals surface area contributed by atoms with E-state index in [-0.39, 0.29) is 17.9 Å². The Kier molecular flexibility index (Phi) is 4.01. The lowest BCUT2D eigenvalue weighted by Gasteiger charge is -2.51. The largest absolute Gasteiger partial charge is 0.347 e. The molecular weight excluding hydrogens is 369 g/mol. The molecule has 2 aliphatic rings. The SMILES string of the molecule is CC1([C@H]2C(=O)N(Cc3ccccc3)[C@@H]2CI)OCCO1. The van der Waals surface area contributed by atoms with E-state index in [0.717, 1.165) is 9.99 Å². The first-order valence-electron chi connectivity index (χ1n) is 6.84. The number of likely N-dealkylation sites (tertiary alicyclic amines) is 1. The Morgan fingerprint density at radius 1 is 1.30 bits per heavy atom. The Hall–Kier alpha value is -0.660. The highest BCUT2D eigenvalue weighted by Gasteiger charge is 2.58. The molecule has 3 rings (SSSR count). The van der Waals surface area contributed by atoms with Crippen LogP contribution in [-0.4, -0.2) is 40.3 Å². The third kappa shape index (κ3) is 2.35. The van der Waals surface area contributed by atoms with Gasteiger partial charge < -0.3 is 14.4 Å². The molecule has 2 saturated heterocycles. The van der Waals surface area contributed by atoms with Crippen LogP contribution >= 0.6 is 22.6 Å². The molecule has 2 atom stereocenters. The van der Waals surface area contributed by atoms with Gasteiger partial charge in [0.15, 0.2) is 5.79 Å². The number of hydrogen-bond acceptors (Lipinski definition) is 3. The Labute approximate surface area is 132 Å².